The van der Waals surface area contributed by atoms with Gasteiger partial charge in [0.25, 0.3) is 0 Å². The number of unbranched alkanes of at least 4 members (excludes halogenated alkanes) is 26. The smallest absolute Gasteiger partial charge is 0.223 e. The van der Waals surface area contributed by atoms with Crippen molar-refractivity contribution >= 4 is 0 Å². The van der Waals surface area contributed by atoms with Crippen molar-refractivity contribution in [2.24, 2.45) is 0 Å². The van der Waals surface area contributed by atoms with Gasteiger partial charge in [0.05, 0.1) is 41.7 Å². The highest BCUT2D eigenvalue weighted by atomic mass is 16.8. The van der Waals surface area contributed by atoms with Crippen LogP contribution in [-0.2, 0) is 33.2 Å². The Balaban J connectivity index is 5.94. The molecular weight excluding hydrogens is 689 g/mol. The summed E-state index contributed by atoms with van der Waals surface area (Å²) < 4.78 is 44.0. The van der Waals surface area contributed by atoms with Crippen LogP contribution in [0.1, 0.15) is 233 Å². The Morgan fingerprint density at radius 1 is 0.309 bits per heavy atom. The Labute approximate surface area is 342 Å². The van der Waals surface area contributed by atoms with Crippen LogP contribution in [0.15, 0.2) is 23.0 Å². The maximum absolute atomic E-state index is 6.81. The molecule has 0 bridgehead atoms. The Morgan fingerprint density at radius 2 is 0.564 bits per heavy atom. The molecule has 7 heteroatoms. The van der Waals surface area contributed by atoms with Crippen molar-refractivity contribution in [3.05, 3.63) is 23.0 Å². The molecule has 55 heavy (non-hydrogen) atoms. The van der Waals surface area contributed by atoms with Crippen LogP contribution in [0, 0.1) is 0 Å². The maximum atomic E-state index is 6.81. The molecule has 0 aliphatic heterocycles. The molecule has 328 valence electrons. The molecule has 0 aliphatic rings. The van der Waals surface area contributed by atoms with Crippen molar-refractivity contribution in [3.63, 3.8) is 0 Å². The quantitative estimate of drug-likeness (QED) is 0.0346. The molecule has 2 atom stereocenters. The minimum absolute atomic E-state index is 0.558. The van der Waals surface area contributed by atoms with E-state index in [1.165, 1.54) is 154 Å². The van der Waals surface area contributed by atoms with Gasteiger partial charge in [-0.3, -0.25) is 0 Å². The summed E-state index contributed by atoms with van der Waals surface area (Å²) in [4.78, 5) is 0. The second kappa shape index (κ2) is 42.2. The van der Waals surface area contributed by atoms with Gasteiger partial charge in [-0.25, -0.2) is 0 Å². The lowest BCUT2D eigenvalue weighted by atomic mass is 10.1. The summed E-state index contributed by atoms with van der Waals surface area (Å²) in [5.74, 6) is 2.70. The Kier molecular flexibility index (Phi) is 41.1. The van der Waals surface area contributed by atoms with Gasteiger partial charge in [0.2, 0.25) is 12.6 Å². The zero-order valence-electron chi connectivity index (χ0n) is 38.1. The van der Waals surface area contributed by atoms with Gasteiger partial charge >= 0.3 is 0 Å². The predicted octanol–water partition coefficient (Wildman–Crippen LogP) is 15.3. The van der Waals surface area contributed by atoms with E-state index in [1.807, 2.05) is 0 Å². The van der Waals surface area contributed by atoms with Crippen LogP contribution < -0.4 is 0 Å². The zero-order valence-corrected chi connectivity index (χ0v) is 38.1. The highest BCUT2D eigenvalue weighted by molar-refractivity contribution is 5.08. The normalized spacial score (nSPS) is 13.7. The Hall–Kier alpha value is -1.44. The fourth-order valence-corrected chi connectivity index (χ4v) is 7.14. The second-order valence-corrected chi connectivity index (χ2v) is 15.6. The van der Waals surface area contributed by atoms with Gasteiger partial charge in [-0.05, 0) is 25.7 Å². The molecule has 0 saturated heterocycles. The Bertz CT molecular complexity index is 789. The van der Waals surface area contributed by atoms with E-state index >= 15 is 0 Å². The van der Waals surface area contributed by atoms with E-state index in [-0.39, 0.29) is 0 Å². The molecule has 0 fully saturated rings. The van der Waals surface area contributed by atoms with E-state index in [2.05, 4.69) is 27.7 Å². The van der Waals surface area contributed by atoms with Gasteiger partial charge in [0, 0.05) is 12.8 Å². The molecule has 0 N–H and O–H groups in total. The van der Waals surface area contributed by atoms with Crippen molar-refractivity contribution in [2.45, 2.75) is 246 Å². The molecule has 0 radical (unpaired) electrons. The van der Waals surface area contributed by atoms with Crippen LogP contribution >= 0.6 is 0 Å². The largest absolute Gasteiger partial charge is 0.497 e. The van der Waals surface area contributed by atoms with Gasteiger partial charge < -0.3 is 33.2 Å². The predicted molar refractivity (Wildman–Crippen MR) is 233 cm³/mol. The first-order valence-electron chi connectivity index (χ1n) is 23.6. The van der Waals surface area contributed by atoms with Crippen LogP contribution in [-0.4, -0.2) is 54.2 Å². The molecule has 0 rings (SSSR count). The summed E-state index contributed by atoms with van der Waals surface area (Å²) >= 11 is 0. The maximum Gasteiger partial charge on any atom is 0.223 e. The number of hydrogen-bond acceptors (Lipinski definition) is 7. The summed E-state index contributed by atoms with van der Waals surface area (Å²) in [7, 11) is 6.84. The molecule has 0 aromatic heterocycles. The van der Waals surface area contributed by atoms with E-state index in [0.29, 0.717) is 24.7 Å². The zero-order chi connectivity index (χ0) is 40.5. The van der Waals surface area contributed by atoms with Gasteiger partial charge in [0.1, 0.15) is 11.5 Å². The average Bonchev–Trinajstić information content (AvgIpc) is 3.20. The minimum Gasteiger partial charge on any atom is -0.497 e. The third-order valence-corrected chi connectivity index (χ3v) is 10.7. The molecule has 0 aromatic rings. The number of methoxy groups -OCH3 is 4. The fourth-order valence-electron chi connectivity index (χ4n) is 7.14. The topological polar surface area (TPSA) is 64.6 Å². The molecule has 0 spiro atoms. The minimum atomic E-state index is -0.806. The summed E-state index contributed by atoms with van der Waals surface area (Å²) in [6.07, 6.45) is 37.1. The summed E-state index contributed by atoms with van der Waals surface area (Å²) in [6.45, 7) is 10.2. The number of allylic oxidation sites excluding steroid dienone is 2. The number of rotatable bonds is 44. The van der Waals surface area contributed by atoms with Crippen LogP contribution in [0.4, 0.5) is 0 Å². The first-order chi connectivity index (χ1) is 27.1. The molecule has 7 nitrogen and oxygen atoms in total. The molecular formula is C48H94O7. The average molecular weight is 783 g/mol. The van der Waals surface area contributed by atoms with Crippen molar-refractivity contribution in [1.29, 1.82) is 0 Å². The lowest BCUT2D eigenvalue weighted by molar-refractivity contribution is -0.240. The first-order valence-corrected chi connectivity index (χ1v) is 23.6. The van der Waals surface area contributed by atoms with Crippen LogP contribution in [0.5, 0.6) is 0 Å². The van der Waals surface area contributed by atoms with Crippen LogP contribution in [0.2, 0.25) is 0 Å². The third kappa shape index (κ3) is 30.3. The fraction of sp³-hybridized carbons (Fsp3) is 0.917. The van der Waals surface area contributed by atoms with E-state index in [9.17, 15) is 0 Å². The van der Waals surface area contributed by atoms with Gasteiger partial charge in [-0.2, -0.15) is 0 Å². The van der Waals surface area contributed by atoms with Crippen LogP contribution in [0.25, 0.3) is 0 Å². The third-order valence-electron chi connectivity index (χ3n) is 10.7. The van der Waals surface area contributed by atoms with Crippen molar-refractivity contribution in [3.8, 4) is 0 Å². The van der Waals surface area contributed by atoms with E-state index in [0.717, 1.165) is 62.9 Å². The van der Waals surface area contributed by atoms with Crippen molar-refractivity contribution in [1.82, 2.24) is 0 Å². The monoisotopic (exact) mass is 783 g/mol. The number of ether oxygens (including phenoxy) is 7. The molecule has 0 aliphatic carbocycles. The summed E-state index contributed by atoms with van der Waals surface area (Å²) in [6, 6.07) is 0. The highest BCUT2D eigenvalue weighted by Gasteiger charge is 2.31. The Morgan fingerprint density at radius 3 is 0.818 bits per heavy atom. The van der Waals surface area contributed by atoms with Gasteiger partial charge in [0.15, 0.2) is 11.5 Å². The lowest BCUT2D eigenvalue weighted by Gasteiger charge is -2.29. The molecule has 2 unspecified atom stereocenters. The van der Waals surface area contributed by atoms with Crippen molar-refractivity contribution in [2.75, 3.05) is 41.7 Å². The second-order valence-electron chi connectivity index (χ2n) is 15.6. The summed E-state index contributed by atoms with van der Waals surface area (Å²) in [5, 5.41) is 0. The lowest BCUT2D eigenvalue weighted by Crippen LogP contribution is -2.33. The summed E-state index contributed by atoms with van der Waals surface area (Å²) in [5.41, 5.74) is 0. The van der Waals surface area contributed by atoms with Crippen LogP contribution in [0.3, 0.4) is 0 Å². The van der Waals surface area contributed by atoms with Gasteiger partial charge in [-0.1, -0.05) is 195 Å². The van der Waals surface area contributed by atoms with Gasteiger partial charge in [-0.15, -0.1) is 0 Å². The molecule has 0 amide bonds. The SMILES string of the molecule is CCCCCCCCCCCCC(OC)=C(OC)C(OCCCCCCC)OC(OCCCCCCC)C(OC)=C(CCCCCCCCCCCC)OC. The van der Waals surface area contributed by atoms with E-state index in [4.69, 9.17) is 33.2 Å². The molecule has 0 aromatic carbocycles. The van der Waals surface area contributed by atoms with E-state index < -0.39 is 12.6 Å². The van der Waals surface area contributed by atoms with E-state index in [1.54, 1.807) is 28.4 Å². The highest BCUT2D eigenvalue weighted by Crippen LogP contribution is 2.28. The standard InChI is InChI=1S/C48H94O7/c1-9-13-17-21-23-25-27-29-31-35-39-43(49-5)45(51-7)47(53-41-37-33-19-15-11-3)55-48(54-42-38-34-20-16-12-4)46(52-8)44(50-6)40-36-32-30-28-26-24-22-18-14-10-2/h47-48H,9-42H2,1-8H3. The van der Waals surface area contributed by atoms with Crippen molar-refractivity contribution < 1.29 is 33.2 Å². The number of hydrogen-bond donors (Lipinski definition) is 0. The first kappa shape index (κ1) is 53.6. The molecule has 0 heterocycles. The molecule has 0 saturated carbocycles.